The predicted octanol–water partition coefficient (Wildman–Crippen LogP) is 4.60. The van der Waals surface area contributed by atoms with Crippen LogP contribution in [0.15, 0.2) is 48.5 Å². The van der Waals surface area contributed by atoms with Gasteiger partial charge in [-0.2, -0.15) is 0 Å². The first-order chi connectivity index (χ1) is 11.5. The van der Waals surface area contributed by atoms with E-state index in [9.17, 15) is 0 Å². The normalized spacial score (nSPS) is 26.3. The van der Waals surface area contributed by atoms with E-state index in [-0.39, 0.29) is 5.54 Å². The van der Waals surface area contributed by atoms with Crippen molar-refractivity contribution in [3.8, 4) is 0 Å². The molecule has 126 valence electrons. The highest BCUT2D eigenvalue weighted by molar-refractivity contribution is 6.30. The van der Waals surface area contributed by atoms with E-state index in [1.165, 1.54) is 16.7 Å². The first-order valence-corrected chi connectivity index (χ1v) is 9.25. The number of rotatable bonds is 2. The molecule has 3 heteroatoms. The summed E-state index contributed by atoms with van der Waals surface area (Å²) in [5, 5.41) is 4.47. The minimum atomic E-state index is 0.168. The lowest BCUT2D eigenvalue weighted by Gasteiger charge is -2.42. The first-order valence-electron chi connectivity index (χ1n) is 8.87. The van der Waals surface area contributed by atoms with Gasteiger partial charge in [-0.05, 0) is 49.1 Å². The van der Waals surface area contributed by atoms with Crippen molar-refractivity contribution in [1.82, 2.24) is 10.2 Å². The van der Waals surface area contributed by atoms with Gasteiger partial charge in [0.25, 0.3) is 0 Å². The van der Waals surface area contributed by atoms with Crippen LogP contribution in [0, 0.1) is 0 Å². The zero-order valence-corrected chi connectivity index (χ0v) is 15.2. The lowest BCUT2D eigenvalue weighted by Crippen LogP contribution is -2.57. The molecule has 0 spiro atoms. The fourth-order valence-electron chi connectivity index (χ4n) is 4.42. The van der Waals surface area contributed by atoms with Gasteiger partial charge in [0.15, 0.2) is 0 Å². The predicted molar refractivity (Wildman–Crippen MR) is 101 cm³/mol. The lowest BCUT2D eigenvalue weighted by atomic mass is 9.93. The third-order valence-corrected chi connectivity index (χ3v) is 5.72. The molecule has 2 aromatic carbocycles. The summed E-state index contributed by atoms with van der Waals surface area (Å²) in [5.41, 5.74) is 4.46. The van der Waals surface area contributed by atoms with Crippen molar-refractivity contribution in [2.45, 2.75) is 37.8 Å². The number of halogens is 1. The molecule has 2 unspecified atom stereocenters. The minimum Gasteiger partial charge on any atom is -0.309 e. The van der Waals surface area contributed by atoms with Crippen molar-refractivity contribution >= 4 is 11.6 Å². The van der Waals surface area contributed by atoms with Crippen LogP contribution in [-0.4, -0.2) is 30.1 Å². The molecule has 0 aromatic heterocycles. The third-order valence-electron chi connectivity index (χ3n) is 5.49. The van der Waals surface area contributed by atoms with Crippen molar-refractivity contribution in [2.24, 2.45) is 0 Å². The Labute approximate surface area is 149 Å². The number of hydrogen-bond acceptors (Lipinski definition) is 2. The standard InChI is InChI=1S/C21H25ClN2/c1-21(2)14-24(11-10-23-21)20-13-18(15-6-4-3-5-7-15)17-9-8-16(22)12-19(17)20/h3-9,12,18,20,23H,10-11,13-14H2,1-2H3. The van der Waals surface area contributed by atoms with Crippen molar-refractivity contribution in [3.05, 3.63) is 70.2 Å². The average Bonchev–Trinajstić information content (AvgIpc) is 2.93. The van der Waals surface area contributed by atoms with Gasteiger partial charge in [-0.1, -0.05) is 48.0 Å². The summed E-state index contributed by atoms with van der Waals surface area (Å²) in [4.78, 5) is 2.65. The maximum Gasteiger partial charge on any atom is 0.0409 e. The van der Waals surface area contributed by atoms with E-state index in [1.54, 1.807) is 0 Å². The third kappa shape index (κ3) is 2.99. The molecule has 1 saturated heterocycles. The Balaban J connectivity index is 1.71. The van der Waals surface area contributed by atoms with Gasteiger partial charge in [-0.25, -0.2) is 0 Å². The summed E-state index contributed by atoms with van der Waals surface area (Å²) in [6.07, 6.45) is 1.15. The van der Waals surface area contributed by atoms with E-state index in [1.807, 2.05) is 6.07 Å². The van der Waals surface area contributed by atoms with E-state index in [0.29, 0.717) is 12.0 Å². The topological polar surface area (TPSA) is 15.3 Å². The molecule has 2 aromatic rings. The Morgan fingerprint density at radius 3 is 2.62 bits per heavy atom. The summed E-state index contributed by atoms with van der Waals surface area (Å²) in [6, 6.07) is 17.8. The molecule has 0 amide bonds. The molecular formula is C21H25ClN2. The van der Waals surface area contributed by atoms with Crippen LogP contribution in [0.4, 0.5) is 0 Å². The van der Waals surface area contributed by atoms with E-state index >= 15 is 0 Å². The molecule has 24 heavy (non-hydrogen) atoms. The highest BCUT2D eigenvalue weighted by Crippen LogP contribution is 2.47. The summed E-state index contributed by atoms with van der Waals surface area (Å²) in [7, 11) is 0. The zero-order valence-electron chi connectivity index (χ0n) is 14.4. The molecular weight excluding hydrogens is 316 g/mol. The van der Waals surface area contributed by atoms with Crippen LogP contribution >= 0.6 is 11.6 Å². The van der Waals surface area contributed by atoms with Gasteiger partial charge in [0.1, 0.15) is 0 Å². The van der Waals surface area contributed by atoms with E-state index in [4.69, 9.17) is 11.6 Å². The summed E-state index contributed by atoms with van der Waals surface area (Å²) >= 11 is 6.35. The summed E-state index contributed by atoms with van der Waals surface area (Å²) in [5.74, 6) is 0.474. The Hall–Kier alpha value is -1.35. The summed E-state index contributed by atoms with van der Waals surface area (Å²) < 4.78 is 0. The number of piperazine rings is 1. The highest BCUT2D eigenvalue weighted by Gasteiger charge is 2.38. The Morgan fingerprint density at radius 1 is 1.08 bits per heavy atom. The second-order valence-electron chi connectivity index (χ2n) is 7.77. The zero-order chi connectivity index (χ0) is 16.7. The van der Waals surface area contributed by atoms with Gasteiger partial charge in [0.05, 0.1) is 0 Å². The maximum atomic E-state index is 6.35. The van der Waals surface area contributed by atoms with E-state index in [2.05, 4.69) is 66.5 Å². The first kappa shape index (κ1) is 16.1. The van der Waals surface area contributed by atoms with Crippen molar-refractivity contribution < 1.29 is 0 Å². The molecule has 1 heterocycles. The number of fused-ring (bicyclic) bond motifs is 1. The van der Waals surface area contributed by atoms with Crippen LogP contribution in [0.1, 0.15) is 48.9 Å². The maximum absolute atomic E-state index is 6.35. The lowest BCUT2D eigenvalue weighted by molar-refractivity contribution is 0.107. The number of nitrogens with one attached hydrogen (secondary N) is 1. The molecule has 1 aliphatic heterocycles. The quantitative estimate of drug-likeness (QED) is 0.859. The van der Waals surface area contributed by atoms with Gasteiger partial charge in [-0.15, -0.1) is 0 Å². The van der Waals surface area contributed by atoms with Gasteiger partial charge in [0, 0.05) is 42.2 Å². The fraction of sp³-hybridized carbons (Fsp3) is 0.429. The number of hydrogen-bond donors (Lipinski definition) is 1. The average molecular weight is 341 g/mol. The van der Waals surface area contributed by atoms with Crippen LogP contribution in [0.5, 0.6) is 0 Å². The van der Waals surface area contributed by atoms with Crippen molar-refractivity contribution in [3.63, 3.8) is 0 Å². The Bertz CT molecular complexity index is 726. The van der Waals surface area contributed by atoms with Crippen LogP contribution < -0.4 is 5.32 Å². The van der Waals surface area contributed by atoms with Crippen molar-refractivity contribution in [1.29, 1.82) is 0 Å². The van der Waals surface area contributed by atoms with Gasteiger partial charge >= 0.3 is 0 Å². The van der Waals surface area contributed by atoms with E-state index in [0.717, 1.165) is 31.1 Å². The van der Waals surface area contributed by atoms with Crippen LogP contribution in [0.3, 0.4) is 0 Å². The second kappa shape index (κ2) is 6.18. The number of nitrogens with zero attached hydrogens (tertiary/aromatic N) is 1. The molecule has 0 radical (unpaired) electrons. The molecule has 4 rings (SSSR count). The Kier molecular flexibility index (Phi) is 4.16. The van der Waals surface area contributed by atoms with Gasteiger partial charge in [0.2, 0.25) is 0 Å². The van der Waals surface area contributed by atoms with E-state index < -0.39 is 0 Å². The van der Waals surface area contributed by atoms with Crippen LogP contribution in [0.2, 0.25) is 5.02 Å². The molecule has 2 nitrogen and oxygen atoms in total. The smallest absolute Gasteiger partial charge is 0.0409 e. The molecule has 1 aliphatic carbocycles. The van der Waals surface area contributed by atoms with Crippen molar-refractivity contribution in [2.75, 3.05) is 19.6 Å². The Morgan fingerprint density at radius 2 is 1.88 bits per heavy atom. The minimum absolute atomic E-state index is 0.168. The molecule has 0 bridgehead atoms. The largest absolute Gasteiger partial charge is 0.309 e. The molecule has 2 aliphatic rings. The second-order valence-corrected chi connectivity index (χ2v) is 8.21. The van der Waals surface area contributed by atoms with Crippen LogP contribution in [0.25, 0.3) is 0 Å². The highest BCUT2D eigenvalue weighted by atomic mass is 35.5. The fourth-order valence-corrected chi connectivity index (χ4v) is 4.60. The molecule has 1 fully saturated rings. The van der Waals surface area contributed by atoms with Gasteiger partial charge < -0.3 is 5.32 Å². The van der Waals surface area contributed by atoms with Crippen LogP contribution in [-0.2, 0) is 0 Å². The molecule has 0 saturated carbocycles. The summed E-state index contributed by atoms with van der Waals surface area (Å²) in [6.45, 7) is 7.81. The monoisotopic (exact) mass is 340 g/mol. The SMILES string of the molecule is CC1(C)CN(C2CC(c3ccccc3)c3ccc(Cl)cc32)CCN1. The molecule has 1 N–H and O–H groups in total. The van der Waals surface area contributed by atoms with Gasteiger partial charge in [-0.3, -0.25) is 4.90 Å². The molecule has 2 atom stereocenters. The number of benzene rings is 2.